The number of hydrogen-bond acceptors (Lipinski definition) is 4. The summed E-state index contributed by atoms with van der Waals surface area (Å²) in [6.45, 7) is -13.3. The summed E-state index contributed by atoms with van der Waals surface area (Å²) >= 11 is 0. The molecule has 16 heavy (non-hydrogen) atoms. The maximum atomic E-state index is 10.5. The molecule has 0 bridgehead atoms. The first-order chi connectivity index (χ1) is 14.8. The van der Waals surface area contributed by atoms with Crippen LogP contribution in [0.4, 0.5) is 0 Å². The topological polar surface area (TPSA) is 61.9 Å². The molecule has 2 N–H and O–H groups in total. The van der Waals surface area contributed by atoms with Crippen LogP contribution in [0.1, 0.15) is 65.7 Å². The van der Waals surface area contributed by atoms with Crippen molar-refractivity contribution < 1.29 is 27.4 Å². The Morgan fingerprint density at radius 1 is 0.938 bits per heavy atom. The Labute approximate surface area is 132 Å². The summed E-state index contributed by atoms with van der Waals surface area (Å²) in [7, 11) is 0. The van der Waals surface area contributed by atoms with Crippen molar-refractivity contribution in [2.45, 2.75) is 38.2 Å². The van der Waals surface area contributed by atoms with Crippen LogP contribution in [0.3, 0.4) is 0 Å². The lowest BCUT2D eigenvalue weighted by molar-refractivity contribution is 0.235. The summed E-state index contributed by atoms with van der Waals surface area (Å²) in [5, 5.41) is 1.22. The Hall–Kier alpha value is -0.390. The lowest BCUT2D eigenvalue weighted by Gasteiger charge is -2.20. The molecule has 0 spiro atoms. The third-order valence-electron chi connectivity index (χ3n) is 1.01. The number of hydrazine groups is 1. The predicted molar refractivity (Wildman–Crippen MR) is 68.1 cm³/mol. The van der Waals surface area contributed by atoms with E-state index in [1.165, 1.54) is 0 Å². The highest BCUT2D eigenvalue weighted by Crippen LogP contribution is 2.07. The van der Waals surface area contributed by atoms with Crippen molar-refractivity contribution in [1.82, 2.24) is 10.0 Å². The maximum Gasteiger partial charge on any atom is 0.0523 e. The van der Waals surface area contributed by atoms with Crippen LogP contribution in [0.15, 0.2) is 5.29 Å². The van der Waals surface area contributed by atoms with Crippen molar-refractivity contribution in [2.75, 3.05) is 26.0 Å². The van der Waals surface area contributed by atoms with E-state index < -0.39 is 69.2 Å². The third-order valence-corrected chi connectivity index (χ3v) is 1.01. The highest BCUT2D eigenvalue weighted by atomic mass is 35.5. The molecular weight excluding hydrogens is 228 g/mol. The van der Waals surface area contributed by atoms with Gasteiger partial charge in [0.15, 0.2) is 0 Å². The van der Waals surface area contributed by atoms with Gasteiger partial charge in [-0.2, -0.15) is 0 Å². The molecule has 0 radical (unpaired) electrons. The highest BCUT2D eigenvalue weighted by molar-refractivity contribution is 5.85. The van der Waals surface area contributed by atoms with E-state index in [-0.39, 0.29) is 17.4 Å². The fourth-order valence-corrected chi connectivity index (χ4v) is 0.497. The standard InChI is InChI=1S/C5H10N2O.C5H12N2.ClH/c8-6-7-4-2-1-3-5-7;6-7-4-2-1-3-5-7;/h1-5H2;1-6H2;1H/i2*1D2,2D2,3D2,4D2,5D2;. The quantitative estimate of drug-likeness (QED) is 0.584. The van der Waals surface area contributed by atoms with Crippen molar-refractivity contribution in [3.8, 4) is 0 Å². The van der Waals surface area contributed by atoms with Crippen LogP contribution >= 0.6 is 12.4 Å². The smallest absolute Gasteiger partial charge is 0.0523 e. The number of hydrogen-bond donors (Lipinski definition) is 1. The van der Waals surface area contributed by atoms with Gasteiger partial charge in [-0.05, 0) is 31.9 Å². The van der Waals surface area contributed by atoms with E-state index in [4.69, 9.17) is 33.3 Å². The summed E-state index contributed by atoms with van der Waals surface area (Å²) in [6, 6.07) is 0. The van der Waals surface area contributed by atoms with Crippen LogP contribution < -0.4 is 5.84 Å². The molecule has 5 nitrogen and oxygen atoms in total. The SMILES string of the molecule is Cl.[2H]C1([2H])N(N)C([2H])([2H])C([2H])([2H])C([2H])([2H])C1([2H])[2H].[2H]C1([2H])N(N=O)C([2H])([2H])C([2H])([2H])C([2H])([2H])C1([2H])[2H]. The molecule has 0 aliphatic carbocycles. The average molecular weight is 271 g/mol. The Balaban J connectivity index is 0.000000663. The molecule has 0 aromatic rings. The van der Waals surface area contributed by atoms with Gasteiger partial charge < -0.3 is 0 Å². The molecule has 96 valence electrons. The molecule has 2 fully saturated rings. The zero-order valence-corrected chi connectivity index (χ0v) is 8.55. The molecule has 0 aromatic carbocycles. The van der Waals surface area contributed by atoms with E-state index in [2.05, 4.69) is 0 Å². The molecule has 6 heteroatoms. The Bertz CT molecular complexity index is 799. The highest BCUT2D eigenvalue weighted by Gasteiger charge is 2.06. The Morgan fingerprint density at radius 3 is 1.81 bits per heavy atom. The predicted octanol–water partition coefficient (Wildman–Crippen LogP) is 1.92. The van der Waals surface area contributed by atoms with Crippen LogP contribution in [-0.2, 0) is 0 Å². The van der Waals surface area contributed by atoms with Crippen LogP contribution in [0.25, 0.3) is 0 Å². The van der Waals surface area contributed by atoms with Crippen LogP contribution in [0.5, 0.6) is 0 Å². The summed E-state index contributed by atoms with van der Waals surface area (Å²) in [6.07, 6.45) is -20.5. The molecule has 2 saturated heterocycles. The molecule has 0 aromatic heterocycles. The number of rotatable bonds is 1. The third kappa shape index (κ3) is 6.98. The molecule has 0 amide bonds. The van der Waals surface area contributed by atoms with Crippen molar-refractivity contribution >= 4 is 12.4 Å². The number of nitroso groups, excluding NO2 is 1. The van der Waals surface area contributed by atoms with E-state index in [0.717, 1.165) is 0 Å². The van der Waals surface area contributed by atoms with Crippen molar-refractivity contribution in [2.24, 2.45) is 11.1 Å². The van der Waals surface area contributed by atoms with Crippen molar-refractivity contribution in [3.63, 3.8) is 0 Å². The minimum Gasteiger partial charge on any atom is -0.269 e. The van der Waals surface area contributed by atoms with Gasteiger partial charge in [-0.1, -0.05) is 6.37 Å². The minimum absolute atomic E-state index is 0. The zero-order valence-electron chi connectivity index (χ0n) is 27.7. The monoisotopic (exact) mass is 270 g/mol. The van der Waals surface area contributed by atoms with Gasteiger partial charge in [0.2, 0.25) is 0 Å². The number of piperidine rings is 2. The van der Waals surface area contributed by atoms with E-state index in [1.54, 1.807) is 0 Å². The van der Waals surface area contributed by atoms with Crippen LogP contribution in [-0.4, -0.2) is 36.0 Å². The van der Waals surface area contributed by atoms with Crippen LogP contribution in [0, 0.1) is 4.91 Å². The van der Waals surface area contributed by atoms with Gasteiger partial charge in [-0.25, -0.2) is 5.01 Å². The molecular formula is C10H23ClN4O. The van der Waals surface area contributed by atoms with Gasteiger partial charge >= 0.3 is 0 Å². The van der Waals surface area contributed by atoms with Gasteiger partial charge in [0, 0.05) is 47.9 Å². The Morgan fingerprint density at radius 2 is 1.38 bits per heavy atom. The van der Waals surface area contributed by atoms with Crippen molar-refractivity contribution in [1.29, 1.82) is 0 Å². The Kier molecular flexibility index (Phi) is 1.71. The lowest BCUT2D eigenvalue weighted by Crippen LogP contribution is -2.35. The molecule has 2 aliphatic rings. The first kappa shape index (κ1) is 2.78. The normalized spacial score (nSPS) is 71.4. The molecule has 2 rings (SSSR count). The van der Waals surface area contributed by atoms with E-state index in [1.807, 2.05) is 5.29 Å². The van der Waals surface area contributed by atoms with Gasteiger partial charge in [0.05, 0.1) is 10.8 Å². The maximum absolute atomic E-state index is 10.5. The molecule has 0 atom stereocenters. The summed E-state index contributed by atoms with van der Waals surface area (Å²) in [5.74, 6) is 5.10. The average Bonchev–Trinajstić information content (AvgIpc) is 2.65. The fraction of sp³-hybridized carbons (Fsp3) is 1.00. The second kappa shape index (κ2) is 9.81. The molecule has 2 aliphatic heterocycles. The number of halogens is 1. The van der Waals surface area contributed by atoms with E-state index in [9.17, 15) is 4.91 Å². The minimum atomic E-state index is -3.51. The molecule has 0 saturated carbocycles. The molecule has 0 unspecified atom stereocenters. The summed E-state index contributed by atoms with van der Waals surface area (Å²) in [4.78, 5) is 10.5. The summed E-state index contributed by atoms with van der Waals surface area (Å²) < 4.78 is 147. The van der Waals surface area contributed by atoms with Crippen LogP contribution in [0.2, 0.25) is 0 Å². The second-order valence-corrected chi connectivity index (χ2v) is 1.96. The van der Waals surface area contributed by atoms with E-state index in [0.29, 0.717) is 0 Å². The largest absolute Gasteiger partial charge is 0.269 e. The van der Waals surface area contributed by atoms with Crippen molar-refractivity contribution in [3.05, 3.63) is 4.91 Å². The van der Waals surface area contributed by atoms with Gasteiger partial charge in [-0.3, -0.25) is 10.9 Å². The first-order valence-electron chi connectivity index (χ1n) is 13.5. The first-order valence-corrected chi connectivity index (χ1v) is 3.54. The molecule has 2 heterocycles. The van der Waals surface area contributed by atoms with E-state index >= 15 is 0 Å². The number of nitrogens with two attached hydrogens (primary N) is 1. The second-order valence-electron chi connectivity index (χ2n) is 1.96. The lowest BCUT2D eigenvalue weighted by atomic mass is 10.2. The van der Waals surface area contributed by atoms with Gasteiger partial charge in [0.25, 0.3) is 0 Å². The zero-order chi connectivity index (χ0) is 28.9. The fourth-order valence-electron chi connectivity index (χ4n) is 0.497. The summed E-state index contributed by atoms with van der Waals surface area (Å²) in [5.41, 5.74) is 0. The van der Waals surface area contributed by atoms with Gasteiger partial charge in [-0.15, -0.1) is 17.3 Å². The van der Waals surface area contributed by atoms with Gasteiger partial charge in [0.1, 0.15) is 0 Å². The number of nitrogens with zero attached hydrogens (tertiary/aromatic N) is 3.